The maximum Gasteiger partial charge on any atom is 0.242 e. The second-order valence-corrected chi connectivity index (χ2v) is 8.17. The number of hydrogen-bond acceptors (Lipinski definition) is 3. The molecule has 1 aromatic rings. The lowest BCUT2D eigenvalue weighted by Gasteiger charge is -2.26. The summed E-state index contributed by atoms with van der Waals surface area (Å²) in [6.07, 6.45) is 0.376. The van der Waals surface area contributed by atoms with Gasteiger partial charge in [0.15, 0.2) is 0 Å². The predicted octanol–water partition coefficient (Wildman–Crippen LogP) is 2.09. The number of aliphatic hydroxyl groups excluding tert-OH is 1. The molecule has 0 aliphatic carbocycles. The number of sulfonamides is 1. The molecular weight excluding hydrogens is 286 g/mol. The molecule has 0 bridgehead atoms. The van der Waals surface area contributed by atoms with E-state index in [-0.39, 0.29) is 16.9 Å². The van der Waals surface area contributed by atoms with Crippen molar-refractivity contribution in [1.82, 2.24) is 4.31 Å². The van der Waals surface area contributed by atoms with Crippen molar-refractivity contribution in [3.8, 4) is 11.8 Å². The highest BCUT2D eigenvalue weighted by molar-refractivity contribution is 7.89. The monoisotopic (exact) mass is 309 g/mol. The number of nitrogens with zero attached hydrogens (tertiary/aromatic N) is 1. The smallest absolute Gasteiger partial charge is 0.242 e. The molecule has 0 saturated heterocycles. The summed E-state index contributed by atoms with van der Waals surface area (Å²) in [6, 6.07) is 6.58. The molecule has 0 aromatic heterocycles. The molecule has 0 fully saturated rings. The minimum absolute atomic E-state index is 0.000685. The molecule has 0 amide bonds. The van der Waals surface area contributed by atoms with Gasteiger partial charge in [0, 0.05) is 25.6 Å². The Bertz CT molecular complexity index is 633. The van der Waals surface area contributed by atoms with Crippen molar-refractivity contribution >= 4 is 10.0 Å². The summed E-state index contributed by atoms with van der Waals surface area (Å²) in [7, 11) is -1.92. The fourth-order valence-corrected chi connectivity index (χ4v) is 3.33. The highest BCUT2D eigenvalue weighted by Gasteiger charge is 2.25. The average Bonchev–Trinajstić information content (AvgIpc) is 2.37. The van der Waals surface area contributed by atoms with Crippen molar-refractivity contribution in [1.29, 1.82) is 0 Å². The summed E-state index contributed by atoms with van der Waals surface area (Å²) in [5.74, 6) is 5.64. The van der Waals surface area contributed by atoms with E-state index < -0.39 is 10.0 Å². The molecule has 0 spiro atoms. The van der Waals surface area contributed by atoms with Gasteiger partial charge in [0.25, 0.3) is 0 Å². The molecule has 0 atom stereocenters. The molecule has 4 nitrogen and oxygen atoms in total. The van der Waals surface area contributed by atoms with Crippen molar-refractivity contribution < 1.29 is 13.5 Å². The third-order valence-electron chi connectivity index (χ3n) is 2.71. The van der Waals surface area contributed by atoms with Gasteiger partial charge in [-0.3, -0.25) is 0 Å². The lowest BCUT2D eigenvalue weighted by atomic mass is 9.97. The van der Waals surface area contributed by atoms with E-state index in [9.17, 15) is 8.42 Å². The molecule has 1 N–H and O–H groups in total. The average molecular weight is 309 g/mol. The van der Waals surface area contributed by atoms with Crippen LogP contribution in [0, 0.1) is 17.3 Å². The Labute approximate surface area is 127 Å². The molecule has 5 heteroatoms. The predicted molar refractivity (Wildman–Crippen MR) is 84.3 cm³/mol. The Morgan fingerprint density at radius 3 is 2.52 bits per heavy atom. The first-order valence-corrected chi connectivity index (χ1v) is 8.27. The van der Waals surface area contributed by atoms with Crippen LogP contribution in [0.25, 0.3) is 0 Å². The summed E-state index contributed by atoms with van der Waals surface area (Å²) >= 11 is 0. The van der Waals surface area contributed by atoms with E-state index >= 15 is 0 Å². The second-order valence-electron chi connectivity index (χ2n) is 6.12. The Morgan fingerprint density at radius 2 is 1.95 bits per heavy atom. The van der Waals surface area contributed by atoms with Crippen LogP contribution in [0.4, 0.5) is 0 Å². The van der Waals surface area contributed by atoms with E-state index in [1.165, 1.54) is 4.31 Å². The molecule has 0 radical (unpaired) electrons. The minimum Gasteiger partial charge on any atom is -0.395 e. The lowest BCUT2D eigenvalue weighted by molar-refractivity contribution is 0.305. The minimum atomic E-state index is -3.51. The fourth-order valence-electron chi connectivity index (χ4n) is 1.89. The van der Waals surface area contributed by atoms with E-state index in [0.29, 0.717) is 18.5 Å². The van der Waals surface area contributed by atoms with Gasteiger partial charge in [0.2, 0.25) is 10.0 Å². The van der Waals surface area contributed by atoms with Crippen LogP contribution in [0.1, 0.15) is 32.8 Å². The highest BCUT2D eigenvalue weighted by Crippen LogP contribution is 2.21. The lowest BCUT2D eigenvalue weighted by Crippen LogP contribution is -2.34. The Hall–Kier alpha value is -1.35. The molecular formula is C16H23NO3S. The zero-order valence-corrected chi connectivity index (χ0v) is 13.9. The topological polar surface area (TPSA) is 57.6 Å². The largest absolute Gasteiger partial charge is 0.395 e. The summed E-state index contributed by atoms with van der Waals surface area (Å²) in [5, 5.41) is 8.70. The summed E-state index contributed by atoms with van der Waals surface area (Å²) in [4.78, 5) is 0.241. The third kappa shape index (κ3) is 5.50. The van der Waals surface area contributed by atoms with Crippen molar-refractivity contribution in [2.24, 2.45) is 5.41 Å². The van der Waals surface area contributed by atoms with Gasteiger partial charge >= 0.3 is 0 Å². The van der Waals surface area contributed by atoms with Gasteiger partial charge in [-0.25, -0.2) is 12.7 Å². The van der Waals surface area contributed by atoms with Gasteiger partial charge in [-0.15, -0.1) is 0 Å². The third-order valence-corrected chi connectivity index (χ3v) is 4.51. The van der Waals surface area contributed by atoms with Crippen LogP contribution in [0.3, 0.4) is 0 Å². The summed E-state index contributed by atoms with van der Waals surface area (Å²) in [6.45, 7) is 6.43. The molecule has 21 heavy (non-hydrogen) atoms. The molecule has 1 rings (SSSR count). The normalized spacial score (nSPS) is 12.1. The number of benzene rings is 1. The number of aliphatic hydroxyl groups is 1. The quantitative estimate of drug-likeness (QED) is 0.867. The Balaban J connectivity index is 3.04. The summed E-state index contributed by atoms with van der Waals surface area (Å²) < 4.78 is 26.4. The molecule has 0 unspecified atom stereocenters. The van der Waals surface area contributed by atoms with E-state index in [1.54, 1.807) is 31.3 Å². The van der Waals surface area contributed by atoms with Gasteiger partial charge in [-0.05, 0) is 23.6 Å². The maximum atomic E-state index is 12.5. The van der Waals surface area contributed by atoms with E-state index in [4.69, 9.17) is 5.11 Å². The zero-order chi connectivity index (χ0) is 16.1. The molecule has 116 valence electrons. The van der Waals surface area contributed by atoms with Crippen molar-refractivity contribution in [3.63, 3.8) is 0 Å². The van der Waals surface area contributed by atoms with E-state index in [2.05, 4.69) is 11.8 Å². The Morgan fingerprint density at radius 1 is 1.29 bits per heavy atom. The second kappa shape index (κ2) is 7.08. The van der Waals surface area contributed by atoms with Crippen LogP contribution in [-0.2, 0) is 10.0 Å². The van der Waals surface area contributed by atoms with Crippen LogP contribution < -0.4 is 0 Å². The number of hydrogen-bond donors (Lipinski definition) is 1. The molecule has 0 saturated carbocycles. The first kappa shape index (κ1) is 17.7. The van der Waals surface area contributed by atoms with Crippen molar-refractivity contribution in [2.75, 3.05) is 20.2 Å². The van der Waals surface area contributed by atoms with Gasteiger partial charge in [0.05, 0.1) is 11.5 Å². The first-order chi connectivity index (χ1) is 9.66. The maximum absolute atomic E-state index is 12.5. The van der Waals surface area contributed by atoms with Crippen LogP contribution in [0.15, 0.2) is 29.2 Å². The molecule has 0 heterocycles. The van der Waals surface area contributed by atoms with Gasteiger partial charge in [0.1, 0.15) is 0 Å². The van der Waals surface area contributed by atoms with Crippen molar-refractivity contribution in [2.45, 2.75) is 32.1 Å². The van der Waals surface area contributed by atoms with Gasteiger partial charge < -0.3 is 5.11 Å². The molecule has 0 aliphatic heterocycles. The molecule has 0 aliphatic rings. The molecule has 1 aromatic carbocycles. The van der Waals surface area contributed by atoms with Gasteiger partial charge in [-0.2, -0.15) is 0 Å². The van der Waals surface area contributed by atoms with Crippen LogP contribution in [-0.4, -0.2) is 38.0 Å². The Kier molecular flexibility index (Phi) is 5.97. The van der Waals surface area contributed by atoms with Crippen LogP contribution in [0.2, 0.25) is 0 Å². The SMILES string of the molecule is CN(CC(C)(C)C)S(=O)(=O)c1cccc(C#CCCO)c1. The first-order valence-electron chi connectivity index (χ1n) is 6.83. The van der Waals surface area contributed by atoms with Crippen molar-refractivity contribution in [3.05, 3.63) is 29.8 Å². The standard InChI is InChI=1S/C16H23NO3S/c1-16(2,3)13-17(4)21(19,20)15-10-7-9-14(12-15)8-5-6-11-18/h7,9-10,12,18H,6,11,13H2,1-4H3. The van der Waals surface area contributed by atoms with Gasteiger partial charge in [-0.1, -0.05) is 38.7 Å². The van der Waals surface area contributed by atoms with Crippen LogP contribution >= 0.6 is 0 Å². The van der Waals surface area contributed by atoms with Crippen LogP contribution in [0.5, 0.6) is 0 Å². The van der Waals surface area contributed by atoms with E-state index in [1.807, 2.05) is 20.8 Å². The fraction of sp³-hybridized carbons (Fsp3) is 0.500. The van der Waals surface area contributed by atoms with E-state index in [0.717, 1.165) is 0 Å². The highest BCUT2D eigenvalue weighted by atomic mass is 32.2. The zero-order valence-electron chi connectivity index (χ0n) is 13.0. The summed E-state index contributed by atoms with van der Waals surface area (Å²) in [5.41, 5.74) is 0.522. The number of rotatable bonds is 4.